The smallest absolute Gasteiger partial charge is 0.224 e. The maximum Gasteiger partial charge on any atom is 0.224 e. The lowest BCUT2D eigenvalue weighted by atomic mass is 10.1. The van der Waals surface area contributed by atoms with Crippen LogP contribution in [0.2, 0.25) is 0 Å². The zero-order chi connectivity index (χ0) is 16.7. The highest BCUT2D eigenvalue weighted by molar-refractivity contribution is 5.78. The van der Waals surface area contributed by atoms with E-state index in [9.17, 15) is 4.79 Å². The molecule has 0 aromatic heterocycles. The molecular weight excluding hydrogens is 288 g/mol. The first-order valence-electron chi connectivity index (χ1n) is 7.87. The van der Waals surface area contributed by atoms with E-state index >= 15 is 0 Å². The normalized spacial score (nSPS) is 12.0. The number of nitrogens with one attached hydrogen (secondary N) is 1. The molecule has 0 fully saturated rings. The highest BCUT2D eigenvalue weighted by atomic mass is 16.5. The standard InChI is InChI=1S/C19H24N2O2/c1-14(2)23-17-10-6-7-15(11-17)12-19(22)21-13-18(20)16-8-4-3-5-9-16/h3-11,14,18H,12-13,20H2,1-2H3,(H,21,22). The molecule has 0 radical (unpaired) electrons. The third-order valence-electron chi connectivity index (χ3n) is 3.38. The lowest BCUT2D eigenvalue weighted by Crippen LogP contribution is -2.32. The summed E-state index contributed by atoms with van der Waals surface area (Å²) in [5.41, 5.74) is 8.02. The molecule has 23 heavy (non-hydrogen) atoms. The largest absolute Gasteiger partial charge is 0.491 e. The average Bonchev–Trinajstić information content (AvgIpc) is 2.53. The number of ether oxygens (including phenoxy) is 1. The van der Waals surface area contributed by atoms with Crippen LogP contribution < -0.4 is 15.8 Å². The summed E-state index contributed by atoms with van der Waals surface area (Å²) in [6.07, 6.45) is 0.430. The molecule has 4 heteroatoms. The number of hydrogen-bond acceptors (Lipinski definition) is 3. The van der Waals surface area contributed by atoms with Crippen molar-refractivity contribution in [3.63, 3.8) is 0 Å². The molecule has 3 N–H and O–H groups in total. The topological polar surface area (TPSA) is 64.3 Å². The third kappa shape index (κ3) is 5.75. The summed E-state index contributed by atoms with van der Waals surface area (Å²) in [6, 6.07) is 17.2. The van der Waals surface area contributed by atoms with Crippen LogP contribution in [-0.4, -0.2) is 18.6 Å². The minimum Gasteiger partial charge on any atom is -0.491 e. The van der Waals surface area contributed by atoms with Gasteiger partial charge < -0.3 is 15.8 Å². The molecule has 0 heterocycles. The average molecular weight is 312 g/mol. The molecule has 0 aliphatic heterocycles. The molecule has 2 rings (SSSR count). The van der Waals surface area contributed by atoms with Gasteiger partial charge in [0, 0.05) is 12.6 Å². The SMILES string of the molecule is CC(C)Oc1cccc(CC(=O)NCC(N)c2ccccc2)c1. The Balaban J connectivity index is 1.85. The van der Waals surface area contributed by atoms with Gasteiger partial charge in [-0.2, -0.15) is 0 Å². The van der Waals surface area contributed by atoms with Gasteiger partial charge >= 0.3 is 0 Å². The highest BCUT2D eigenvalue weighted by Crippen LogP contribution is 2.15. The van der Waals surface area contributed by atoms with Crippen molar-refractivity contribution < 1.29 is 9.53 Å². The van der Waals surface area contributed by atoms with E-state index in [1.165, 1.54) is 0 Å². The van der Waals surface area contributed by atoms with Crippen molar-refractivity contribution in [2.45, 2.75) is 32.4 Å². The van der Waals surface area contributed by atoms with Gasteiger partial charge in [0.1, 0.15) is 5.75 Å². The van der Waals surface area contributed by atoms with Crippen LogP contribution in [0.15, 0.2) is 54.6 Å². The first-order valence-corrected chi connectivity index (χ1v) is 7.87. The Bertz CT molecular complexity index is 626. The Kier molecular flexibility index (Phi) is 6.18. The minimum absolute atomic E-state index is 0.0434. The molecule has 2 aromatic rings. The molecule has 4 nitrogen and oxygen atoms in total. The van der Waals surface area contributed by atoms with Gasteiger partial charge in [-0.1, -0.05) is 42.5 Å². The van der Waals surface area contributed by atoms with Crippen molar-refractivity contribution in [2.24, 2.45) is 5.73 Å². The van der Waals surface area contributed by atoms with E-state index < -0.39 is 0 Å². The summed E-state index contributed by atoms with van der Waals surface area (Å²) in [5, 5.41) is 2.88. The van der Waals surface area contributed by atoms with Crippen molar-refractivity contribution in [1.82, 2.24) is 5.32 Å². The fourth-order valence-electron chi connectivity index (χ4n) is 2.29. The Morgan fingerprint density at radius 2 is 1.87 bits per heavy atom. The Morgan fingerprint density at radius 3 is 2.57 bits per heavy atom. The second kappa shape index (κ2) is 8.34. The fourth-order valence-corrected chi connectivity index (χ4v) is 2.29. The van der Waals surface area contributed by atoms with Gasteiger partial charge in [-0.15, -0.1) is 0 Å². The first-order chi connectivity index (χ1) is 11.0. The van der Waals surface area contributed by atoms with Crippen molar-refractivity contribution in [3.8, 4) is 5.75 Å². The number of benzene rings is 2. The lowest BCUT2D eigenvalue weighted by Gasteiger charge is -2.14. The van der Waals surface area contributed by atoms with Crippen LogP contribution in [0.1, 0.15) is 31.0 Å². The number of amides is 1. The van der Waals surface area contributed by atoms with Crippen LogP contribution in [0.3, 0.4) is 0 Å². The fraction of sp³-hybridized carbons (Fsp3) is 0.316. The molecule has 0 aliphatic carbocycles. The minimum atomic E-state index is -0.198. The number of nitrogens with two attached hydrogens (primary N) is 1. The van der Waals surface area contributed by atoms with E-state index in [4.69, 9.17) is 10.5 Å². The summed E-state index contributed by atoms with van der Waals surface area (Å²) >= 11 is 0. The van der Waals surface area contributed by atoms with Gasteiger partial charge in [0.05, 0.1) is 12.5 Å². The van der Waals surface area contributed by atoms with Crippen LogP contribution in [0.5, 0.6) is 5.75 Å². The molecule has 0 bridgehead atoms. The molecule has 1 unspecified atom stereocenters. The maximum absolute atomic E-state index is 12.1. The first kappa shape index (κ1) is 17.0. The third-order valence-corrected chi connectivity index (χ3v) is 3.38. The number of rotatable bonds is 7. The van der Waals surface area contributed by atoms with Gasteiger partial charge in [0.25, 0.3) is 0 Å². The lowest BCUT2D eigenvalue weighted by molar-refractivity contribution is -0.120. The van der Waals surface area contributed by atoms with Gasteiger partial charge in [0.15, 0.2) is 0 Å². The van der Waals surface area contributed by atoms with Crippen LogP contribution in [0, 0.1) is 0 Å². The molecular formula is C19H24N2O2. The zero-order valence-corrected chi connectivity index (χ0v) is 13.7. The Hall–Kier alpha value is -2.33. The van der Waals surface area contributed by atoms with Crippen molar-refractivity contribution in [3.05, 3.63) is 65.7 Å². The summed E-state index contributed by atoms with van der Waals surface area (Å²) in [4.78, 5) is 12.1. The monoisotopic (exact) mass is 312 g/mol. The maximum atomic E-state index is 12.1. The summed E-state index contributed by atoms with van der Waals surface area (Å²) in [7, 11) is 0. The Labute approximate surface area is 137 Å². The molecule has 0 saturated carbocycles. The number of hydrogen-bond donors (Lipinski definition) is 2. The van der Waals surface area contributed by atoms with E-state index in [-0.39, 0.29) is 18.1 Å². The van der Waals surface area contributed by atoms with Crippen LogP contribution in [-0.2, 0) is 11.2 Å². The molecule has 2 aromatic carbocycles. The molecule has 122 valence electrons. The number of carbonyl (C=O) groups excluding carboxylic acids is 1. The molecule has 0 saturated heterocycles. The number of carbonyl (C=O) groups is 1. The van der Waals surface area contributed by atoms with E-state index in [0.29, 0.717) is 13.0 Å². The quantitative estimate of drug-likeness (QED) is 0.826. The van der Waals surface area contributed by atoms with Crippen molar-refractivity contribution in [2.75, 3.05) is 6.54 Å². The van der Waals surface area contributed by atoms with E-state index in [0.717, 1.165) is 16.9 Å². The van der Waals surface area contributed by atoms with Gasteiger partial charge in [-0.3, -0.25) is 4.79 Å². The Morgan fingerprint density at radius 1 is 1.13 bits per heavy atom. The van der Waals surface area contributed by atoms with Gasteiger partial charge in [-0.05, 0) is 37.1 Å². The van der Waals surface area contributed by atoms with Crippen LogP contribution >= 0.6 is 0 Å². The van der Waals surface area contributed by atoms with E-state index in [1.54, 1.807) is 0 Å². The molecule has 1 atom stereocenters. The predicted molar refractivity (Wildman–Crippen MR) is 92.3 cm³/mol. The van der Waals surface area contributed by atoms with Gasteiger partial charge in [0.2, 0.25) is 5.91 Å². The second-order valence-electron chi connectivity index (χ2n) is 5.81. The molecule has 1 amide bonds. The van der Waals surface area contributed by atoms with Gasteiger partial charge in [-0.25, -0.2) is 0 Å². The summed E-state index contributed by atoms with van der Waals surface area (Å²) in [6.45, 7) is 4.37. The second-order valence-corrected chi connectivity index (χ2v) is 5.81. The van der Waals surface area contributed by atoms with Crippen LogP contribution in [0.4, 0.5) is 0 Å². The van der Waals surface area contributed by atoms with Crippen LogP contribution in [0.25, 0.3) is 0 Å². The summed E-state index contributed by atoms with van der Waals surface area (Å²) in [5.74, 6) is 0.740. The zero-order valence-electron chi connectivity index (χ0n) is 13.7. The van der Waals surface area contributed by atoms with E-state index in [1.807, 2.05) is 68.4 Å². The predicted octanol–water partition coefficient (Wildman–Crippen LogP) is 2.83. The summed E-state index contributed by atoms with van der Waals surface area (Å²) < 4.78 is 5.64. The van der Waals surface area contributed by atoms with Crippen molar-refractivity contribution in [1.29, 1.82) is 0 Å². The highest BCUT2D eigenvalue weighted by Gasteiger charge is 2.09. The van der Waals surface area contributed by atoms with Crippen molar-refractivity contribution >= 4 is 5.91 Å². The van der Waals surface area contributed by atoms with E-state index in [2.05, 4.69) is 5.32 Å². The molecule has 0 spiro atoms. The molecule has 0 aliphatic rings.